The first kappa shape index (κ1) is 18.1. The molecule has 2 aromatic carbocycles. The van der Waals surface area contributed by atoms with Crippen molar-refractivity contribution in [2.45, 2.75) is 35.6 Å². The van der Waals surface area contributed by atoms with Gasteiger partial charge in [0.2, 0.25) is 5.91 Å². The number of hydrogen-bond donors (Lipinski definition) is 2. The summed E-state index contributed by atoms with van der Waals surface area (Å²) in [5.41, 5.74) is 2.24. The molecule has 0 aromatic heterocycles. The Balaban J connectivity index is 1.40. The maximum Gasteiger partial charge on any atom is 0.262 e. The van der Waals surface area contributed by atoms with Gasteiger partial charge in [0.05, 0.1) is 17.4 Å². The molecule has 0 bridgehead atoms. The number of nitrogens with zero attached hydrogens (tertiary/aromatic N) is 1. The number of benzene rings is 2. The molecule has 7 nitrogen and oxygen atoms in total. The number of carbonyl (C=O) groups is 3. The Morgan fingerprint density at radius 1 is 1.28 bits per heavy atom. The van der Waals surface area contributed by atoms with Crippen LogP contribution in [0.15, 0.2) is 47.4 Å². The maximum absolute atomic E-state index is 13.4. The molecule has 3 aliphatic heterocycles. The van der Waals surface area contributed by atoms with Crippen molar-refractivity contribution in [1.82, 2.24) is 5.32 Å². The molecule has 2 unspecified atom stereocenters. The maximum atomic E-state index is 13.4. The van der Waals surface area contributed by atoms with Crippen LogP contribution in [-0.2, 0) is 14.4 Å². The minimum absolute atomic E-state index is 0.00278. The van der Waals surface area contributed by atoms with Gasteiger partial charge in [0.25, 0.3) is 11.8 Å². The van der Waals surface area contributed by atoms with Crippen LogP contribution < -0.4 is 20.3 Å². The average Bonchev–Trinajstić information content (AvgIpc) is 3.23. The third-order valence-corrected chi connectivity index (χ3v) is 6.99. The Morgan fingerprint density at radius 3 is 2.97 bits per heavy atom. The fourth-order valence-electron chi connectivity index (χ4n) is 4.06. The largest absolute Gasteiger partial charge is 0.482 e. The summed E-state index contributed by atoms with van der Waals surface area (Å²) in [6.45, 7) is 1.89. The third-order valence-electron chi connectivity index (χ3n) is 5.51. The molecule has 148 valence electrons. The number of ether oxygens (including phenoxy) is 1. The van der Waals surface area contributed by atoms with Gasteiger partial charge in [-0.3, -0.25) is 19.3 Å². The third kappa shape index (κ3) is 2.78. The molecule has 1 saturated heterocycles. The van der Waals surface area contributed by atoms with Crippen LogP contribution in [-0.4, -0.2) is 29.2 Å². The van der Waals surface area contributed by atoms with Crippen molar-refractivity contribution in [2.24, 2.45) is 0 Å². The zero-order chi connectivity index (χ0) is 20.2. The summed E-state index contributed by atoms with van der Waals surface area (Å²) in [4.78, 5) is 39.1. The fraction of sp³-hybridized carbons (Fsp3) is 0.286. The minimum atomic E-state index is -0.944. The fourth-order valence-corrected chi connectivity index (χ4v) is 5.48. The highest BCUT2D eigenvalue weighted by Gasteiger charge is 2.57. The summed E-state index contributed by atoms with van der Waals surface area (Å²) in [5.74, 6) is 0.194. The first-order valence-electron chi connectivity index (χ1n) is 9.46. The Kier molecular flexibility index (Phi) is 4.06. The average molecular weight is 409 g/mol. The number of hydrogen-bond acceptors (Lipinski definition) is 5. The standard InChI is InChI=1S/C21H19N3O4S/c1-12(13-6-7-16-14(10-13)23-18(25)11-28-16)22-20(27)21-9-8-19(26)24(21)15-4-2-3-5-17(15)29-21/h2-7,10,12H,8-9,11H2,1H3,(H,22,27)(H,23,25). The number of fused-ring (bicyclic) bond motifs is 4. The van der Waals surface area contributed by atoms with Gasteiger partial charge >= 0.3 is 0 Å². The van der Waals surface area contributed by atoms with E-state index < -0.39 is 4.87 Å². The van der Waals surface area contributed by atoms with Crippen molar-refractivity contribution < 1.29 is 19.1 Å². The summed E-state index contributed by atoms with van der Waals surface area (Å²) in [5, 5.41) is 5.85. The Morgan fingerprint density at radius 2 is 2.10 bits per heavy atom. The number of carbonyl (C=O) groups excluding carboxylic acids is 3. The Hall–Kier alpha value is -3.00. The van der Waals surface area contributed by atoms with E-state index in [9.17, 15) is 14.4 Å². The van der Waals surface area contributed by atoms with E-state index >= 15 is 0 Å². The van der Waals surface area contributed by atoms with E-state index in [0.29, 0.717) is 24.3 Å². The molecule has 2 N–H and O–H groups in total. The van der Waals surface area contributed by atoms with Crippen LogP contribution in [0.2, 0.25) is 0 Å². The molecule has 0 aliphatic carbocycles. The minimum Gasteiger partial charge on any atom is -0.482 e. The predicted molar refractivity (Wildman–Crippen MR) is 109 cm³/mol. The first-order chi connectivity index (χ1) is 14.0. The van der Waals surface area contributed by atoms with E-state index in [2.05, 4.69) is 10.6 Å². The van der Waals surface area contributed by atoms with Crippen LogP contribution >= 0.6 is 11.8 Å². The number of rotatable bonds is 3. The molecule has 0 saturated carbocycles. The highest BCUT2D eigenvalue weighted by atomic mass is 32.2. The van der Waals surface area contributed by atoms with E-state index in [1.807, 2.05) is 43.3 Å². The molecule has 2 atom stereocenters. The van der Waals surface area contributed by atoms with Crippen molar-refractivity contribution in [2.75, 3.05) is 16.8 Å². The molecule has 8 heteroatoms. The molecule has 3 heterocycles. The van der Waals surface area contributed by atoms with Gasteiger partial charge < -0.3 is 15.4 Å². The van der Waals surface area contributed by atoms with Crippen LogP contribution in [0.1, 0.15) is 31.4 Å². The second kappa shape index (κ2) is 6.52. The highest BCUT2D eigenvalue weighted by molar-refractivity contribution is 8.02. The number of nitrogens with one attached hydrogen (secondary N) is 2. The monoisotopic (exact) mass is 409 g/mol. The van der Waals surface area contributed by atoms with Gasteiger partial charge in [-0.2, -0.15) is 0 Å². The molecule has 2 aromatic rings. The number of para-hydroxylation sites is 1. The topological polar surface area (TPSA) is 87.7 Å². The number of thioether (sulfide) groups is 1. The van der Waals surface area contributed by atoms with E-state index in [0.717, 1.165) is 16.1 Å². The zero-order valence-electron chi connectivity index (χ0n) is 15.7. The molecule has 3 aliphatic rings. The normalized spacial score (nSPS) is 22.9. The van der Waals surface area contributed by atoms with Crippen molar-refractivity contribution in [1.29, 1.82) is 0 Å². The van der Waals surface area contributed by atoms with Gasteiger partial charge in [0.15, 0.2) is 11.5 Å². The van der Waals surface area contributed by atoms with Crippen LogP contribution in [0, 0.1) is 0 Å². The molecular formula is C21H19N3O4S. The van der Waals surface area contributed by atoms with Gasteiger partial charge in [0.1, 0.15) is 5.75 Å². The van der Waals surface area contributed by atoms with Gasteiger partial charge in [-0.25, -0.2) is 0 Å². The zero-order valence-corrected chi connectivity index (χ0v) is 16.5. The second-order valence-electron chi connectivity index (χ2n) is 7.37. The van der Waals surface area contributed by atoms with Crippen molar-refractivity contribution in [3.63, 3.8) is 0 Å². The Bertz CT molecular complexity index is 1060. The van der Waals surface area contributed by atoms with Crippen LogP contribution in [0.4, 0.5) is 11.4 Å². The molecule has 29 heavy (non-hydrogen) atoms. The van der Waals surface area contributed by atoms with Crippen molar-refractivity contribution >= 4 is 40.9 Å². The Labute approximate surface area is 171 Å². The lowest BCUT2D eigenvalue weighted by atomic mass is 10.1. The second-order valence-corrected chi connectivity index (χ2v) is 8.69. The summed E-state index contributed by atoms with van der Waals surface area (Å²) in [6.07, 6.45) is 0.823. The van der Waals surface area contributed by atoms with Gasteiger partial charge in [-0.05, 0) is 43.2 Å². The molecule has 3 amide bonds. The summed E-state index contributed by atoms with van der Waals surface area (Å²) in [6, 6.07) is 12.8. The molecule has 1 fully saturated rings. The smallest absolute Gasteiger partial charge is 0.262 e. The quantitative estimate of drug-likeness (QED) is 0.814. The lowest BCUT2D eigenvalue weighted by Gasteiger charge is -2.31. The van der Waals surface area contributed by atoms with Gasteiger partial charge in [-0.15, -0.1) is 0 Å². The number of anilines is 2. The number of amides is 3. The van der Waals surface area contributed by atoms with E-state index in [4.69, 9.17) is 4.74 Å². The van der Waals surface area contributed by atoms with E-state index in [-0.39, 0.29) is 30.4 Å². The SMILES string of the molecule is CC(NC(=O)C12CCC(=O)N1c1ccccc1S2)c1ccc2c(c1)NC(=O)CO2. The molecule has 0 spiro atoms. The summed E-state index contributed by atoms with van der Waals surface area (Å²) >= 11 is 1.44. The van der Waals surface area contributed by atoms with Crippen LogP contribution in [0.25, 0.3) is 0 Å². The predicted octanol–water partition coefficient (Wildman–Crippen LogP) is 2.82. The van der Waals surface area contributed by atoms with Gasteiger partial charge in [0, 0.05) is 11.3 Å². The molecular weight excluding hydrogens is 390 g/mol. The molecule has 0 radical (unpaired) electrons. The molecule has 5 rings (SSSR count). The van der Waals surface area contributed by atoms with Crippen LogP contribution in [0.3, 0.4) is 0 Å². The summed E-state index contributed by atoms with van der Waals surface area (Å²) in [7, 11) is 0. The van der Waals surface area contributed by atoms with Gasteiger partial charge in [-0.1, -0.05) is 30.0 Å². The lowest BCUT2D eigenvalue weighted by Crippen LogP contribution is -2.52. The van der Waals surface area contributed by atoms with E-state index in [1.165, 1.54) is 11.8 Å². The summed E-state index contributed by atoms with van der Waals surface area (Å²) < 4.78 is 5.39. The lowest BCUT2D eigenvalue weighted by molar-refractivity contribution is -0.125. The van der Waals surface area contributed by atoms with E-state index in [1.54, 1.807) is 11.0 Å². The highest BCUT2D eigenvalue weighted by Crippen LogP contribution is 2.55. The van der Waals surface area contributed by atoms with Crippen molar-refractivity contribution in [3.05, 3.63) is 48.0 Å². The van der Waals surface area contributed by atoms with Crippen LogP contribution in [0.5, 0.6) is 5.75 Å². The first-order valence-corrected chi connectivity index (χ1v) is 10.3. The van der Waals surface area contributed by atoms with Crippen molar-refractivity contribution in [3.8, 4) is 5.75 Å².